The van der Waals surface area contributed by atoms with Crippen LogP contribution in [0.2, 0.25) is 0 Å². The van der Waals surface area contributed by atoms with Gasteiger partial charge >= 0.3 is 0 Å². The van der Waals surface area contributed by atoms with E-state index in [1.807, 2.05) is 13.8 Å². The number of amidine groups is 1. The Morgan fingerprint density at radius 1 is 1.24 bits per heavy atom. The number of hydrogen-bond donors (Lipinski definition) is 3. The van der Waals surface area contributed by atoms with Crippen LogP contribution < -0.4 is 11.1 Å². The molecule has 4 heteroatoms. The molecule has 0 atom stereocenters. The van der Waals surface area contributed by atoms with Gasteiger partial charge in [-0.15, -0.1) is 0 Å². The van der Waals surface area contributed by atoms with Crippen molar-refractivity contribution in [2.45, 2.75) is 65.8 Å². The maximum absolute atomic E-state index is 8.67. The molecule has 0 heterocycles. The number of rotatable bonds is 8. The smallest absolute Gasteiger partial charge is 0.144 e. The lowest BCUT2D eigenvalue weighted by Gasteiger charge is -2.27. The minimum Gasteiger partial charge on any atom is -0.409 e. The second kappa shape index (κ2) is 6.84. The fourth-order valence-electron chi connectivity index (χ4n) is 1.93. The van der Waals surface area contributed by atoms with E-state index in [1.54, 1.807) is 0 Å². The topological polar surface area (TPSA) is 70.6 Å². The maximum atomic E-state index is 8.67. The maximum Gasteiger partial charge on any atom is 0.144 e. The van der Waals surface area contributed by atoms with Crippen molar-refractivity contribution in [3.63, 3.8) is 0 Å². The van der Waals surface area contributed by atoms with Crippen LogP contribution in [-0.2, 0) is 0 Å². The number of nitrogens with one attached hydrogen (secondary N) is 1. The summed E-state index contributed by atoms with van der Waals surface area (Å²) in [6, 6.07) is 0. The third-order valence-electron chi connectivity index (χ3n) is 3.26. The van der Waals surface area contributed by atoms with E-state index in [2.05, 4.69) is 31.2 Å². The van der Waals surface area contributed by atoms with Crippen molar-refractivity contribution in [3.8, 4) is 0 Å². The molecule has 102 valence electrons. The second-order valence-corrected chi connectivity index (χ2v) is 6.03. The lowest BCUT2D eigenvalue weighted by Crippen LogP contribution is -2.40. The Kier molecular flexibility index (Phi) is 6.53. The molecule has 4 nitrogen and oxygen atoms in total. The summed E-state index contributed by atoms with van der Waals surface area (Å²) in [6.45, 7) is 11.6. The average molecular weight is 243 g/mol. The summed E-state index contributed by atoms with van der Waals surface area (Å²) >= 11 is 0. The molecule has 0 aliphatic rings. The third-order valence-corrected chi connectivity index (χ3v) is 3.26. The Balaban J connectivity index is 3.93. The molecule has 0 spiro atoms. The van der Waals surface area contributed by atoms with Gasteiger partial charge in [-0.2, -0.15) is 0 Å². The number of nitrogens with zero attached hydrogens (tertiary/aromatic N) is 1. The van der Waals surface area contributed by atoms with E-state index >= 15 is 0 Å². The summed E-state index contributed by atoms with van der Waals surface area (Å²) in [7, 11) is 0. The monoisotopic (exact) mass is 243 g/mol. The van der Waals surface area contributed by atoms with E-state index in [1.165, 1.54) is 12.8 Å². The van der Waals surface area contributed by atoms with Crippen molar-refractivity contribution in [3.05, 3.63) is 0 Å². The van der Waals surface area contributed by atoms with Gasteiger partial charge in [0.2, 0.25) is 0 Å². The van der Waals surface area contributed by atoms with Gasteiger partial charge in [0.1, 0.15) is 5.84 Å². The van der Waals surface area contributed by atoms with Crippen LogP contribution in [0.5, 0.6) is 0 Å². The molecule has 0 amide bonds. The quantitative estimate of drug-likeness (QED) is 0.202. The Bertz CT molecular complexity index is 247. The summed E-state index contributed by atoms with van der Waals surface area (Å²) in [5.74, 6) is 0.310. The highest BCUT2D eigenvalue weighted by Crippen LogP contribution is 2.22. The molecule has 0 aromatic heterocycles. The van der Waals surface area contributed by atoms with Crippen molar-refractivity contribution >= 4 is 5.84 Å². The van der Waals surface area contributed by atoms with E-state index in [4.69, 9.17) is 10.9 Å². The van der Waals surface area contributed by atoms with Crippen molar-refractivity contribution < 1.29 is 5.21 Å². The zero-order valence-corrected chi connectivity index (χ0v) is 12.0. The molecule has 0 aromatic rings. The largest absolute Gasteiger partial charge is 0.409 e. The molecule has 4 N–H and O–H groups in total. The van der Waals surface area contributed by atoms with E-state index < -0.39 is 0 Å². The van der Waals surface area contributed by atoms with Crippen LogP contribution in [0.1, 0.15) is 60.3 Å². The van der Waals surface area contributed by atoms with Crippen molar-refractivity contribution in [1.29, 1.82) is 0 Å². The molecule has 17 heavy (non-hydrogen) atoms. The van der Waals surface area contributed by atoms with Crippen molar-refractivity contribution in [2.24, 2.45) is 16.3 Å². The summed E-state index contributed by atoms with van der Waals surface area (Å²) in [6.07, 6.45) is 4.31. The number of nitrogens with two attached hydrogens (primary N) is 1. The predicted octanol–water partition coefficient (Wildman–Crippen LogP) is 2.71. The molecule has 0 saturated heterocycles. The Morgan fingerprint density at radius 3 is 2.29 bits per heavy atom. The highest BCUT2D eigenvalue weighted by Gasteiger charge is 2.23. The first-order valence-electron chi connectivity index (χ1n) is 6.48. The normalized spacial score (nSPS) is 14.1. The van der Waals surface area contributed by atoms with Crippen LogP contribution >= 0.6 is 0 Å². The molecule has 0 radical (unpaired) electrons. The molecule has 0 fully saturated rings. The van der Waals surface area contributed by atoms with Crippen LogP contribution in [0.3, 0.4) is 0 Å². The SMILES string of the molecule is CCCC(C)(C)NCCCC(C)(C)C(N)=NO. The first-order valence-corrected chi connectivity index (χ1v) is 6.48. The first-order chi connectivity index (χ1) is 7.75. The molecular formula is C13H29N3O. The number of hydrogen-bond acceptors (Lipinski definition) is 3. The first kappa shape index (κ1) is 16.2. The van der Waals surface area contributed by atoms with E-state index in [0.717, 1.165) is 19.4 Å². The second-order valence-electron chi connectivity index (χ2n) is 6.03. The molecule has 0 aliphatic heterocycles. The van der Waals surface area contributed by atoms with Gasteiger partial charge in [-0.3, -0.25) is 0 Å². The van der Waals surface area contributed by atoms with Gasteiger partial charge in [0, 0.05) is 11.0 Å². The highest BCUT2D eigenvalue weighted by atomic mass is 16.4. The minimum atomic E-state index is -0.231. The molecule has 0 aromatic carbocycles. The highest BCUT2D eigenvalue weighted by molar-refractivity contribution is 5.85. The lowest BCUT2D eigenvalue weighted by atomic mass is 9.86. The molecule has 0 rings (SSSR count). The Labute approximate surface area is 106 Å². The van der Waals surface area contributed by atoms with Crippen LogP contribution in [0.25, 0.3) is 0 Å². The standard InChI is InChI=1S/C13H29N3O/c1-6-8-13(4,5)15-10-7-9-12(2,3)11(14)16-17/h15,17H,6-10H2,1-5H3,(H2,14,16). The average Bonchev–Trinajstić information content (AvgIpc) is 2.23. The third kappa shape index (κ3) is 6.51. The summed E-state index contributed by atoms with van der Waals surface area (Å²) < 4.78 is 0. The van der Waals surface area contributed by atoms with E-state index in [-0.39, 0.29) is 11.0 Å². The van der Waals surface area contributed by atoms with Crippen molar-refractivity contribution in [2.75, 3.05) is 6.54 Å². The lowest BCUT2D eigenvalue weighted by molar-refractivity contribution is 0.301. The fourth-order valence-corrected chi connectivity index (χ4v) is 1.93. The van der Waals surface area contributed by atoms with Crippen LogP contribution in [0.15, 0.2) is 5.16 Å². The predicted molar refractivity (Wildman–Crippen MR) is 73.4 cm³/mol. The molecule has 0 bridgehead atoms. The molecule has 0 saturated carbocycles. The number of oxime groups is 1. The zero-order chi connectivity index (χ0) is 13.5. The van der Waals surface area contributed by atoms with Gasteiger partial charge in [0.15, 0.2) is 0 Å². The molecule has 0 unspecified atom stereocenters. The van der Waals surface area contributed by atoms with Gasteiger partial charge < -0.3 is 16.3 Å². The van der Waals surface area contributed by atoms with Crippen molar-refractivity contribution in [1.82, 2.24) is 5.32 Å². The zero-order valence-electron chi connectivity index (χ0n) is 12.0. The van der Waals surface area contributed by atoms with Gasteiger partial charge in [0.25, 0.3) is 0 Å². The fraction of sp³-hybridized carbons (Fsp3) is 0.923. The van der Waals surface area contributed by atoms with E-state index in [9.17, 15) is 0 Å². The van der Waals surface area contributed by atoms with Gasteiger partial charge in [-0.1, -0.05) is 32.3 Å². The summed E-state index contributed by atoms with van der Waals surface area (Å²) in [5.41, 5.74) is 5.62. The van der Waals surface area contributed by atoms with Crippen LogP contribution in [0.4, 0.5) is 0 Å². The minimum absolute atomic E-state index is 0.204. The Hall–Kier alpha value is -0.770. The van der Waals surface area contributed by atoms with Crippen LogP contribution in [-0.4, -0.2) is 23.1 Å². The molecule has 0 aliphatic carbocycles. The summed E-state index contributed by atoms with van der Waals surface area (Å²) in [5, 5.41) is 15.3. The summed E-state index contributed by atoms with van der Waals surface area (Å²) in [4.78, 5) is 0. The molecular weight excluding hydrogens is 214 g/mol. The van der Waals surface area contributed by atoms with Gasteiger partial charge in [-0.05, 0) is 39.7 Å². The van der Waals surface area contributed by atoms with Gasteiger partial charge in [0.05, 0.1) is 0 Å². The Morgan fingerprint density at radius 2 is 1.82 bits per heavy atom. The van der Waals surface area contributed by atoms with Crippen LogP contribution in [0, 0.1) is 5.41 Å². The van der Waals surface area contributed by atoms with E-state index in [0.29, 0.717) is 5.84 Å². The van der Waals surface area contributed by atoms with Gasteiger partial charge in [-0.25, -0.2) is 0 Å².